The number of aromatic nitrogens is 2. The number of carboxylic acid groups (broad SMARTS) is 1. The number of azide groups is 1. The van der Waals surface area contributed by atoms with Gasteiger partial charge in [-0.25, -0.2) is 19.2 Å². The topological polar surface area (TPSA) is 203 Å². The van der Waals surface area contributed by atoms with Crippen LogP contribution < -0.4 is 11.2 Å². The number of rotatable bonds is 7. The molecule has 0 unspecified atom stereocenters. The molecule has 1 aromatic heterocycles. The van der Waals surface area contributed by atoms with E-state index in [1.807, 2.05) is 4.98 Å². The number of aliphatic carboxylic acids is 1. The smallest absolute Gasteiger partial charge is 0.338 e. The third kappa shape index (κ3) is 5.46. The lowest BCUT2D eigenvalue weighted by Gasteiger charge is -2.42. The summed E-state index contributed by atoms with van der Waals surface area (Å²) in [5, 5.41) is 13.3. The highest BCUT2D eigenvalue weighted by Gasteiger charge is 2.53. The van der Waals surface area contributed by atoms with Gasteiger partial charge in [0.25, 0.3) is 5.56 Å². The number of esters is 2. The first kappa shape index (κ1) is 25.9. The lowest BCUT2D eigenvalue weighted by Crippen LogP contribution is -2.60. The lowest BCUT2D eigenvalue weighted by atomic mass is 9.95. The first-order valence-electron chi connectivity index (χ1n) is 11.1. The van der Waals surface area contributed by atoms with E-state index < -0.39 is 59.7 Å². The summed E-state index contributed by atoms with van der Waals surface area (Å²) in [7, 11) is 0. The number of aromatic amines is 1. The number of ether oxygens (including phenoxy) is 3. The van der Waals surface area contributed by atoms with Gasteiger partial charge in [-0.1, -0.05) is 41.5 Å². The third-order valence-electron chi connectivity index (χ3n) is 5.60. The Morgan fingerprint density at radius 2 is 1.47 bits per heavy atom. The van der Waals surface area contributed by atoms with Crippen molar-refractivity contribution in [1.29, 1.82) is 0 Å². The van der Waals surface area contributed by atoms with Crippen LogP contribution in [-0.2, 0) is 19.0 Å². The van der Waals surface area contributed by atoms with E-state index in [4.69, 9.17) is 19.7 Å². The van der Waals surface area contributed by atoms with Gasteiger partial charge in [-0.05, 0) is 29.8 Å². The molecule has 2 aromatic carbocycles. The maximum atomic E-state index is 13.0. The van der Waals surface area contributed by atoms with Crippen molar-refractivity contribution in [2.75, 3.05) is 0 Å². The number of hydrogen-bond acceptors (Lipinski definition) is 9. The zero-order valence-corrected chi connectivity index (χ0v) is 19.3. The number of nitrogens with zero attached hydrogens (tertiary/aromatic N) is 4. The van der Waals surface area contributed by atoms with Crippen molar-refractivity contribution < 1.29 is 33.7 Å². The van der Waals surface area contributed by atoms with E-state index in [0.717, 1.165) is 16.8 Å². The minimum atomic E-state index is -1.94. The molecule has 14 heteroatoms. The average Bonchev–Trinajstić information content (AvgIpc) is 2.91. The zero-order chi connectivity index (χ0) is 27.2. The van der Waals surface area contributed by atoms with E-state index in [1.54, 1.807) is 36.4 Å². The van der Waals surface area contributed by atoms with Crippen LogP contribution in [-0.4, -0.2) is 56.9 Å². The SMILES string of the molecule is [N-]=[N+]=N[C@H]1[C@H](OC(=O)c2ccccc2)[C@@H](OC(=O)c2ccccc2)[C@H](n2ccc(=O)[nH]c2=O)O[C@@H]1C(=O)O. The van der Waals surface area contributed by atoms with Crippen LogP contribution in [0.3, 0.4) is 0 Å². The van der Waals surface area contributed by atoms with Crippen molar-refractivity contribution in [3.63, 3.8) is 0 Å². The fourth-order valence-corrected chi connectivity index (χ4v) is 3.87. The van der Waals surface area contributed by atoms with Gasteiger partial charge in [0.05, 0.1) is 11.1 Å². The third-order valence-corrected chi connectivity index (χ3v) is 5.60. The molecule has 1 aliphatic heterocycles. The number of benzene rings is 2. The van der Waals surface area contributed by atoms with Crippen LogP contribution in [0.15, 0.2) is 87.6 Å². The normalized spacial score (nSPS) is 22.5. The van der Waals surface area contributed by atoms with Crippen LogP contribution in [0.1, 0.15) is 26.9 Å². The highest BCUT2D eigenvalue weighted by Crippen LogP contribution is 2.34. The second-order valence-corrected chi connectivity index (χ2v) is 7.97. The summed E-state index contributed by atoms with van der Waals surface area (Å²) in [6.45, 7) is 0. The van der Waals surface area contributed by atoms with Gasteiger partial charge in [-0.2, -0.15) is 0 Å². The summed E-state index contributed by atoms with van der Waals surface area (Å²) in [4.78, 5) is 67.0. The molecule has 194 valence electrons. The monoisotopic (exact) mass is 521 g/mol. The fraction of sp³-hybridized carbons (Fsp3) is 0.208. The van der Waals surface area contributed by atoms with E-state index in [2.05, 4.69) is 10.0 Å². The fourth-order valence-electron chi connectivity index (χ4n) is 3.87. The zero-order valence-electron chi connectivity index (χ0n) is 19.3. The molecule has 2 heterocycles. The van der Waals surface area contributed by atoms with Gasteiger partial charge < -0.3 is 19.3 Å². The molecule has 38 heavy (non-hydrogen) atoms. The summed E-state index contributed by atoms with van der Waals surface area (Å²) < 4.78 is 17.6. The largest absolute Gasteiger partial charge is 0.479 e. The summed E-state index contributed by atoms with van der Waals surface area (Å²) in [5.41, 5.74) is 7.52. The summed E-state index contributed by atoms with van der Waals surface area (Å²) in [5.74, 6) is -3.50. The average molecular weight is 521 g/mol. The predicted octanol–water partition coefficient (Wildman–Crippen LogP) is 1.65. The molecular formula is C24H19N5O9. The van der Waals surface area contributed by atoms with Crippen molar-refractivity contribution in [3.05, 3.63) is 115 Å². The van der Waals surface area contributed by atoms with Crippen molar-refractivity contribution in [1.82, 2.24) is 9.55 Å². The minimum Gasteiger partial charge on any atom is -0.479 e. The second-order valence-electron chi connectivity index (χ2n) is 7.97. The molecule has 0 bridgehead atoms. The molecule has 0 radical (unpaired) electrons. The highest BCUT2D eigenvalue weighted by molar-refractivity contribution is 5.90. The molecule has 0 saturated carbocycles. The van der Waals surface area contributed by atoms with Crippen molar-refractivity contribution in [2.24, 2.45) is 5.11 Å². The number of carbonyl (C=O) groups is 3. The van der Waals surface area contributed by atoms with Gasteiger partial charge in [-0.15, -0.1) is 0 Å². The van der Waals surface area contributed by atoms with Crippen LogP contribution >= 0.6 is 0 Å². The van der Waals surface area contributed by atoms with E-state index >= 15 is 0 Å². The molecule has 2 N–H and O–H groups in total. The number of carbonyl (C=O) groups excluding carboxylic acids is 2. The van der Waals surface area contributed by atoms with E-state index in [1.165, 1.54) is 24.3 Å². The van der Waals surface area contributed by atoms with Crippen LogP contribution in [0.2, 0.25) is 0 Å². The molecular weight excluding hydrogens is 502 g/mol. The molecule has 1 fully saturated rings. The number of nitrogens with one attached hydrogen (secondary N) is 1. The van der Waals surface area contributed by atoms with E-state index in [-0.39, 0.29) is 11.1 Å². The van der Waals surface area contributed by atoms with Gasteiger partial charge >= 0.3 is 23.6 Å². The maximum Gasteiger partial charge on any atom is 0.338 e. The van der Waals surface area contributed by atoms with Crippen LogP contribution in [0.4, 0.5) is 0 Å². The van der Waals surface area contributed by atoms with Gasteiger partial charge in [0.2, 0.25) is 0 Å². The van der Waals surface area contributed by atoms with E-state index in [0.29, 0.717) is 0 Å². The molecule has 0 spiro atoms. The van der Waals surface area contributed by atoms with E-state index in [9.17, 15) is 29.1 Å². The van der Waals surface area contributed by atoms with Gasteiger partial charge in [0.15, 0.2) is 24.5 Å². The number of hydrogen-bond donors (Lipinski definition) is 2. The first-order chi connectivity index (χ1) is 18.3. The summed E-state index contributed by atoms with van der Waals surface area (Å²) >= 11 is 0. The minimum absolute atomic E-state index is 0.0662. The molecule has 5 atom stereocenters. The molecule has 0 amide bonds. The first-order valence-corrected chi connectivity index (χ1v) is 11.1. The molecule has 4 rings (SSSR count). The lowest BCUT2D eigenvalue weighted by molar-refractivity contribution is -0.216. The molecule has 3 aromatic rings. The maximum absolute atomic E-state index is 13.0. The molecule has 14 nitrogen and oxygen atoms in total. The summed E-state index contributed by atoms with van der Waals surface area (Å²) in [6.07, 6.45) is -6.09. The number of H-pyrrole nitrogens is 1. The Labute approximate surface area is 212 Å². The summed E-state index contributed by atoms with van der Waals surface area (Å²) in [6, 6.07) is 14.5. The van der Waals surface area contributed by atoms with Gasteiger partial charge in [0.1, 0.15) is 6.04 Å². The van der Waals surface area contributed by atoms with Crippen molar-refractivity contribution >= 4 is 17.9 Å². The standard InChI is InChI=1S/C24H19N5O9/c25-28-27-16-17(37-22(33)13-7-3-1-4-8-13)19(38-23(34)14-9-5-2-6-10-14)20(36-18(16)21(31)32)29-12-11-15(30)26-24(29)35/h1-12,16-20H,(H,31,32)(H,26,30,35)/t16-,17-,18-,19+,20+/m0/s1. The Balaban J connectivity index is 1.85. The Morgan fingerprint density at radius 1 is 0.921 bits per heavy atom. The van der Waals surface area contributed by atoms with Crippen LogP contribution in [0, 0.1) is 0 Å². The van der Waals surface area contributed by atoms with Crippen LogP contribution in [0.5, 0.6) is 0 Å². The quantitative estimate of drug-likeness (QED) is 0.200. The van der Waals surface area contributed by atoms with Gasteiger partial charge in [-0.3, -0.25) is 14.3 Å². The van der Waals surface area contributed by atoms with Gasteiger partial charge in [0, 0.05) is 17.2 Å². The Hall–Kier alpha value is -5.20. The second kappa shape index (κ2) is 11.2. The molecule has 1 saturated heterocycles. The Bertz CT molecular complexity index is 1500. The highest BCUT2D eigenvalue weighted by atomic mass is 16.6. The van der Waals surface area contributed by atoms with Crippen molar-refractivity contribution in [2.45, 2.75) is 30.6 Å². The predicted molar refractivity (Wildman–Crippen MR) is 127 cm³/mol. The Morgan fingerprint density at radius 3 is 1.97 bits per heavy atom. The molecule has 1 aliphatic rings. The molecule has 0 aliphatic carbocycles. The van der Waals surface area contributed by atoms with Crippen molar-refractivity contribution in [3.8, 4) is 0 Å². The van der Waals surface area contributed by atoms with Crippen LogP contribution in [0.25, 0.3) is 10.4 Å². The Kier molecular flexibility index (Phi) is 7.66. The number of carboxylic acids is 1.